The van der Waals surface area contributed by atoms with Crippen molar-refractivity contribution >= 4 is 5.69 Å². The van der Waals surface area contributed by atoms with Gasteiger partial charge in [0.1, 0.15) is 18.0 Å². The average Bonchev–Trinajstić information content (AvgIpc) is 2.74. The second kappa shape index (κ2) is 12.4. The molecular formula is C20H33NO9. The first-order valence-corrected chi connectivity index (χ1v) is 9.86. The number of hydrogen-bond donors (Lipinski definition) is 5. The number of ether oxygens (including phenoxy) is 5. The summed E-state index contributed by atoms with van der Waals surface area (Å²) in [4.78, 5) is 0. The van der Waals surface area contributed by atoms with Crippen molar-refractivity contribution in [1.29, 1.82) is 0 Å². The van der Waals surface area contributed by atoms with E-state index in [-0.39, 0.29) is 31.5 Å². The molecule has 0 radical (unpaired) electrons. The van der Waals surface area contributed by atoms with Crippen LogP contribution in [0.4, 0.5) is 5.69 Å². The monoisotopic (exact) mass is 431 g/mol. The van der Waals surface area contributed by atoms with Gasteiger partial charge in [0.05, 0.1) is 31.5 Å². The largest absolute Gasteiger partial charge is 0.465 e. The lowest BCUT2D eigenvalue weighted by Crippen LogP contribution is -2.51. The van der Waals surface area contributed by atoms with Crippen LogP contribution in [-0.2, 0) is 18.9 Å². The van der Waals surface area contributed by atoms with Crippen LogP contribution in [0, 0.1) is 0 Å². The number of hydrogen-bond acceptors (Lipinski definition) is 10. The topological polar surface area (TPSA) is 153 Å². The molecule has 3 rings (SSSR count). The van der Waals surface area contributed by atoms with Crippen LogP contribution in [0.2, 0.25) is 0 Å². The maximum Gasteiger partial charge on any atom is 0.202 e. The molecule has 2 aliphatic rings. The van der Waals surface area contributed by atoms with Crippen molar-refractivity contribution in [3.63, 3.8) is 0 Å². The molecule has 0 spiro atoms. The molecule has 0 bridgehead atoms. The van der Waals surface area contributed by atoms with E-state index in [0.717, 1.165) is 0 Å². The molecule has 2 aliphatic heterocycles. The first-order valence-electron chi connectivity index (χ1n) is 9.86. The molecule has 5 unspecified atom stereocenters. The second-order valence-corrected chi connectivity index (χ2v) is 7.20. The Bertz CT molecular complexity index is 588. The summed E-state index contributed by atoms with van der Waals surface area (Å²) in [6, 6.07) is 6.96. The standard InChI is InChI=1S/C12H17NO4.C8H16O5/c13-8-1-3-10(4-2-8)16-12-6-9(15)5-11(7-14)17-12;1-11-5-3-7(10)13-6(4-9)8(5)12-2/h1-4,9,11-12,14-15H,5-7,13H2;5-10H,3-4H2,1-2H3/t9?,11-,12?;5?,6-,7?,8?/m01/s1. The number of rotatable bonds is 6. The fraction of sp³-hybridized carbons (Fsp3) is 0.700. The molecule has 2 fully saturated rings. The molecule has 2 saturated heterocycles. The predicted octanol–water partition coefficient (Wildman–Crippen LogP) is -0.378. The first kappa shape index (κ1) is 24.8. The Morgan fingerprint density at radius 1 is 0.967 bits per heavy atom. The molecule has 7 atom stereocenters. The van der Waals surface area contributed by atoms with Crippen molar-refractivity contribution in [3.05, 3.63) is 24.3 Å². The highest BCUT2D eigenvalue weighted by molar-refractivity contribution is 5.41. The summed E-state index contributed by atoms with van der Waals surface area (Å²) in [6.07, 6.45) is -2.13. The molecule has 10 heteroatoms. The Balaban J connectivity index is 0.000000222. The van der Waals surface area contributed by atoms with Gasteiger partial charge in [-0.05, 0) is 24.3 Å². The predicted molar refractivity (Wildman–Crippen MR) is 107 cm³/mol. The molecule has 2 heterocycles. The number of anilines is 1. The first-order chi connectivity index (χ1) is 14.4. The van der Waals surface area contributed by atoms with Crippen molar-refractivity contribution in [1.82, 2.24) is 0 Å². The molecule has 1 aromatic carbocycles. The molecule has 0 saturated carbocycles. The summed E-state index contributed by atoms with van der Waals surface area (Å²) in [6.45, 7) is -0.298. The lowest BCUT2D eigenvalue weighted by atomic mass is 10.0. The minimum Gasteiger partial charge on any atom is -0.465 e. The summed E-state index contributed by atoms with van der Waals surface area (Å²) < 4.78 is 26.4. The molecule has 1 aromatic rings. The van der Waals surface area contributed by atoms with Gasteiger partial charge in [-0.15, -0.1) is 0 Å². The number of nitrogen functional groups attached to an aromatic ring is 1. The fourth-order valence-corrected chi connectivity index (χ4v) is 3.43. The highest BCUT2D eigenvalue weighted by atomic mass is 16.7. The maximum atomic E-state index is 9.61. The average molecular weight is 431 g/mol. The zero-order valence-electron chi connectivity index (χ0n) is 17.3. The molecule has 30 heavy (non-hydrogen) atoms. The third-order valence-electron chi connectivity index (χ3n) is 4.95. The van der Waals surface area contributed by atoms with Crippen LogP contribution in [0.5, 0.6) is 5.75 Å². The molecule has 0 amide bonds. The molecule has 0 aromatic heterocycles. The van der Waals surface area contributed by atoms with Crippen LogP contribution >= 0.6 is 0 Å². The van der Waals surface area contributed by atoms with Crippen molar-refractivity contribution in [2.75, 3.05) is 33.2 Å². The number of benzene rings is 1. The van der Waals surface area contributed by atoms with Gasteiger partial charge in [-0.25, -0.2) is 0 Å². The second-order valence-electron chi connectivity index (χ2n) is 7.20. The smallest absolute Gasteiger partial charge is 0.202 e. The molecule has 172 valence electrons. The van der Waals surface area contributed by atoms with Crippen molar-refractivity contribution in [3.8, 4) is 5.75 Å². The minimum atomic E-state index is -0.881. The van der Waals surface area contributed by atoms with Crippen LogP contribution in [0.25, 0.3) is 0 Å². The summed E-state index contributed by atoms with van der Waals surface area (Å²) in [5.41, 5.74) is 6.23. The summed E-state index contributed by atoms with van der Waals surface area (Å²) in [5.74, 6) is 0.634. The van der Waals surface area contributed by atoms with Gasteiger partial charge < -0.3 is 49.8 Å². The van der Waals surface area contributed by atoms with Gasteiger partial charge in [-0.2, -0.15) is 0 Å². The van der Waals surface area contributed by atoms with Gasteiger partial charge >= 0.3 is 0 Å². The Hall–Kier alpha value is -1.50. The van der Waals surface area contributed by atoms with Gasteiger partial charge in [0.15, 0.2) is 6.29 Å². The van der Waals surface area contributed by atoms with E-state index in [4.69, 9.17) is 39.6 Å². The molecule has 10 nitrogen and oxygen atoms in total. The Morgan fingerprint density at radius 2 is 1.67 bits per heavy atom. The van der Waals surface area contributed by atoms with E-state index in [0.29, 0.717) is 30.7 Å². The highest BCUT2D eigenvalue weighted by Gasteiger charge is 2.38. The van der Waals surface area contributed by atoms with Crippen LogP contribution < -0.4 is 10.5 Å². The van der Waals surface area contributed by atoms with Crippen LogP contribution in [0.1, 0.15) is 19.3 Å². The van der Waals surface area contributed by atoms with Crippen LogP contribution in [0.15, 0.2) is 24.3 Å². The number of aliphatic hydroxyl groups excluding tert-OH is 4. The Morgan fingerprint density at radius 3 is 2.23 bits per heavy atom. The molecule has 6 N–H and O–H groups in total. The summed E-state index contributed by atoms with van der Waals surface area (Å²) >= 11 is 0. The maximum absolute atomic E-state index is 9.61. The minimum absolute atomic E-state index is 0.112. The zero-order valence-corrected chi connectivity index (χ0v) is 17.3. The Kier molecular flexibility index (Phi) is 10.2. The van der Waals surface area contributed by atoms with E-state index in [1.807, 2.05) is 0 Å². The van der Waals surface area contributed by atoms with Gasteiger partial charge in [0, 0.05) is 39.2 Å². The normalized spacial score (nSPS) is 34.0. The lowest BCUT2D eigenvalue weighted by Gasteiger charge is -2.37. The van der Waals surface area contributed by atoms with E-state index in [2.05, 4.69) is 0 Å². The van der Waals surface area contributed by atoms with Gasteiger partial charge in [0.25, 0.3) is 0 Å². The quantitative estimate of drug-likeness (QED) is 0.377. The van der Waals surface area contributed by atoms with E-state index < -0.39 is 24.8 Å². The van der Waals surface area contributed by atoms with E-state index >= 15 is 0 Å². The summed E-state index contributed by atoms with van der Waals surface area (Å²) in [5, 5.41) is 36.8. The number of aliphatic hydroxyl groups is 4. The van der Waals surface area contributed by atoms with Crippen LogP contribution in [-0.4, -0.2) is 91.0 Å². The van der Waals surface area contributed by atoms with Crippen molar-refractivity contribution < 1.29 is 44.1 Å². The highest BCUT2D eigenvalue weighted by Crippen LogP contribution is 2.24. The molecular weight excluding hydrogens is 398 g/mol. The van der Waals surface area contributed by atoms with E-state index in [1.54, 1.807) is 31.4 Å². The SMILES string of the molecule is COC1CC(O)O[C@H](CO)C1OC.Nc1ccc(OC2CC(O)C[C@@H](CO)O2)cc1. The molecule has 0 aliphatic carbocycles. The number of methoxy groups -OCH3 is 2. The van der Waals surface area contributed by atoms with Gasteiger partial charge in [-0.1, -0.05) is 0 Å². The Labute approximate surface area is 176 Å². The van der Waals surface area contributed by atoms with Crippen molar-refractivity contribution in [2.24, 2.45) is 0 Å². The van der Waals surface area contributed by atoms with Crippen LogP contribution in [0.3, 0.4) is 0 Å². The fourth-order valence-electron chi connectivity index (χ4n) is 3.43. The van der Waals surface area contributed by atoms with Gasteiger partial charge in [-0.3, -0.25) is 0 Å². The van der Waals surface area contributed by atoms with E-state index in [9.17, 15) is 10.2 Å². The van der Waals surface area contributed by atoms with Crippen molar-refractivity contribution in [2.45, 2.75) is 62.4 Å². The third kappa shape index (κ3) is 7.33. The number of nitrogens with two attached hydrogens (primary N) is 1. The van der Waals surface area contributed by atoms with E-state index in [1.165, 1.54) is 7.11 Å². The van der Waals surface area contributed by atoms with Gasteiger partial charge in [0.2, 0.25) is 6.29 Å². The lowest BCUT2D eigenvalue weighted by molar-refractivity contribution is -0.249. The third-order valence-corrected chi connectivity index (χ3v) is 4.95. The summed E-state index contributed by atoms with van der Waals surface area (Å²) in [7, 11) is 3.07. The zero-order chi connectivity index (χ0) is 22.1.